The summed E-state index contributed by atoms with van der Waals surface area (Å²) in [7, 11) is -10.7. The summed E-state index contributed by atoms with van der Waals surface area (Å²) in [6, 6.07) is 0. The van der Waals surface area contributed by atoms with Crippen LogP contribution in [0, 0.1) is 0 Å². The Labute approximate surface area is 115 Å². The molecule has 0 N–H and O–H groups in total. The molecule has 0 nitrogen and oxygen atoms in total. The van der Waals surface area contributed by atoms with E-state index >= 15 is 0 Å². The Bertz CT molecular complexity index is 167. The molecule has 0 heterocycles. The standard InChI is InChI=1S/2C5H10.F6P.Fe/c2*1-2-4-5-3-1;1-7(2,3,4,5)6;/h2*1-5H2;;/q;;-1;. The molecule has 0 radical (unpaired) electrons. The fourth-order valence-electron chi connectivity index (χ4n) is 1.77. The predicted octanol–water partition coefficient (Wildman–Crippen LogP) is 7.28. The van der Waals surface area contributed by atoms with Gasteiger partial charge in [0, 0.05) is 17.1 Å². The maximum Gasteiger partial charge on any atom is 0 e. The minimum absolute atomic E-state index is 0. The van der Waals surface area contributed by atoms with Crippen LogP contribution in [-0.4, -0.2) is 0 Å². The van der Waals surface area contributed by atoms with Gasteiger partial charge in [0.2, 0.25) is 0 Å². The van der Waals surface area contributed by atoms with Crippen molar-refractivity contribution < 1.29 is 42.3 Å². The Kier molecular flexibility index (Phi) is 8.51. The second-order valence-corrected chi connectivity index (χ2v) is 6.41. The summed E-state index contributed by atoms with van der Waals surface area (Å²) >= 11 is 0. The van der Waals surface area contributed by atoms with E-state index < -0.39 is 7.81 Å². The monoisotopic (exact) mass is 341 g/mol. The van der Waals surface area contributed by atoms with E-state index in [4.69, 9.17) is 0 Å². The SMILES string of the molecule is C1CCCC1.C1CCCC1.F[P-](F)(F)(F)(F)F.[Fe]. The first kappa shape index (κ1) is 20.8. The van der Waals surface area contributed by atoms with Crippen LogP contribution in [0.15, 0.2) is 0 Å². The van der Waals surface area contributed by atoms with E-state index in [9.17, 15) is 25.2 Å². The first-order valence-corrected chi connectivity index (χ1v) is 8.04. The average Bonchev–Trinajstić information content (AvgIpc) is 2.78. The maximum atomic E-state index is 9.87. The minimum atomic E-state index is -10.7. The molecule has 0 aromatic rings. The van der Waals surface area contributed by atoms with Crippen molar-refractivity contribution in [3.05, 3.63) is 0 Å². The smallest absolute Gasteiger partial charge is 0 e. The number of hydrogen-bond donors (Lipinski definition) is 0. The predicted molar refractivity (Wildman–Crippen MR) is 59.7 cm³/mol. The molecule has 8 heteroatoms. The summed E-state index contributed by atoms with van der Waals surface area (Å²) in [6.07, 6.45) is 15.0. The topological polar surface area (TPSA) is 0 Å². The van der Waals surface area contributed by atoms with Crippen LogP contribution < -0.4 is 0 Å². The van der Waals surface area contributed by atoms with Gasteiger partial charge in [-0.1, -0.05) is 64.2 Å². The third kappa shape index (κ3) is 36.0. The zero-order valence-electron chi connectivity index (χ0n) is 10.1. The van der Waals surface area contributed by atoms with Crippen molar-refractivity contribution >= 4 is 7.81 Å². The molecule has 0 saturated heterocycles. The fourth-order valence-corrected chi connectivity index (χ4v) is 1.77. The largest absolute Gasteiger partial charge is 0 e. The average molecular weight is 341 g/mol. The molecule has 2 rings (SSSR count). The van der Waals surface area contributed by atoms with Crippen molar-refractivity contribution in [2.75, 3.05) is 0 Å². The van der Waals surface area contributed by atoms with Crippen molar-refractivity contribution in [2.24, 2.45) is 0 Å². The van der Waals surface area contributed by atoms with Crippen molar-refractivity contribution in [3.63, 3.8) is 0 Å². The van der Waals surface area contributed by atoms with E-state index in [1.165, 1.54) is 64.2 Å². The van der Waals surface area contributed by atoms with Crippen LogP contribution in [0.1, 0.15) is 64.2 Å². The van der Waals surface area contributed by atoms with E-state index in [1.807, 2.05) is 0 Å². The Morgan fingerprint density at radius 2 is 0.444 bits per heavy atom. The van der Waals surface area contributed by atoms with E-state index in [0.29, 0.717) is 0 Å². The molecule has 2 saturated carbocycles. The molecule has 0 bridgehead atoms. The Balaban J connectivity index is 0. The van der Waals surface area contributed by atoms with Gasteiger partial charge in [0.05, 0.1) is 0 Å². The van der Waals surface area contributed by atoms with Crippen molar-refractivity contribution in [2.45, 2.75) is 64.2 Å². The molecular weight excluding hydrogens is 321 g/mol. The van der Waals surface area contributed by atoms with Crippen LogP contribution in [0.3, 0.4) is 0 Å². The Morgan fingerprint density at radius 3 is 0.500 bits per heavy atom. The summed E-state index contributed by atoms with van der Waals surface area (Å²) in [5, 5.41) is 0. The number of halogens is 6. The van der Waals surface area contributed by atoms with Crippen molar-refractivity contribution in [1.29, 1.82) is 0 Å². The van der Waals surface area contributed by atoms with E-state index in [1.54, 1.807) is 0 Å². The molecular formula is C10H20F6FeP-. The molecule has 2 aliphatic carbocycles. The second-order valence-electron chi connectivity index (χ2n) is 4.49. The molecule has 0 atom stereocenters. The van der Waals surface area contributed by atoms with E-state index in [0.717, 1.165) is 0 Å². The van der Waals surface area contributed by atoms with Gasteiger partial charge in [-0.15, -0.1) is 0 Å². The first-order valence-electron chi connectivity index (χ1n) is 6.01. The fraction of sp³-hybridized carbons (Fsp3) is 1.00. The van der Waals surface area contributed by atoms with Gasteiger partial charge < -0.3 is 0 Å². The van der Waals surface area contributed by atoms with Crippen LogP contribution in [-0.2, 0) is 17.1 Å². The first-order chi connectivity index (χ1) is 7.45. The van der Waals surface area contributed by atoms with Gasteiger partial charge in [-0.25, -0.2) is 0 Å². The van der Waals surface area contributed by atoms with Gasteiger partial charge in [-0.3, -0.25) is 0 Å². The summed E-state index contributed by atoms with van der Waals surface area (Å²) in [5.41, 5.74) is 0. The van der Waals surface area contributed by atoms with Crippen LogP contribution in [0.2, 0.25) is 0 Å². The van der Waals surface area contributed by atoms with Crippen molar-refractivity contribution in [3.8, 4) is 0 Å². The minimum Gasteiger partial charge on any atom is 0 e. The Morgan fingerprint density at radius 1 is 0.389 bits per heavy atom. The summed E-state index contributed by atoms with van der Waals surface area (Å²) < 4.78 is 59.2. The molecule has 0 amide bonds. The van der Waals surface area contributed by atoms with Crippen LogP contribution in [0.5, 0.6) is 0 Å². The molecule has 18 heavy (non-hydrogen) atoms. The molecule has 2 fully saturated rings. The molecule has 0 unspecified atom stereocenters. The summed E-state index contributed by atoms with van der Waals surface area (Å²) in [4.78, 5) is 0. The molecule has 0 aromatic heterocycles. The van der Waals surface area contributed by atoms with Gasteiger partial charge in [0.1, 0.15) is 0 Å². The van der Waals surface area contributed by atoms with Gasteiger partial charge in [0.15, 0.2) is 0 Å². The second kappa shape index (κ2) is 7.35. The molecule has 116 valence electrons. The van der Waals surface area contributed by atoms with Crippen LogP contribution >= 0.6 is 7.81 Å². The molecule has 0 spiro atoms. The van der Waals surface area contributed by atoms with Crippen LogP contribution in [0.4, 0.5) is 25.2 Å². The normalized spacial score (nSPS) is 22.3. The van der Waals surface area contributed by atoms with Gasteiger partial charge in [-0.05, 0) is 0 Å². The molecule has 0 aromatic carbocycles. The number of hydrogen-bond acceptors (Lipinski definition) is 0. The maximum absolute atomic E-state index is 10.7. The Hall–Kier alpha value is 0.529. The van der Waals surface area contributed by atoms with Crippen molar-refractivity contribution in [1.82, 2.24) is 0 Å². The summed E-state index contributed by atoms with van der Waals surface area (Å²) in [6.45, 7) is 0. The van der Waals surface area contributed by atoms with Gasteiger partial charge in [0.25, 0.3) is 0 Å². The summed E-state index contributed by atoms with van der Waals surface area (Å²) in [5.74, 6) is 0. The molecule has 0 aliphatic heterocycles. The zero-order chi connectivity index (χ0) is 13.5. The van der Waals surface area contributed by atoms with Gasteiger partial charge in [-0.2, -0.15) is 0 Å². The van der Waals surface area contributed by atoms with E-state index in [-0.39, 0.29) is 17.1 Å². The number of rotatable bonds is 0. The van der Waals surface area contributed by atoms with Crippen LogP contribution in [0.25, 0.3) is 0 Å². The third-order valence-electron chi connectivity index (χ3n) is 2.50. The van der Waals surface area contributed by atoms with E-state index in [2.05, 4.69) is 0 Å². The third-order valence-corrected chi connectivity index (χ3v) is 2.50. The quantitative estimate of drug-likeness (QED) is 0.247. The van der Waals surface area contributed by atoms with Gasteiger partial charge >= 0.3 is 33.0 Å². The zero-order valence-corrected chi connectivity index (χ0v) is 12.1. The molecule has 2 aliphatic rings.